The molecule has 1 amide bonds. The van der Waals surface area contributed by atoms with Crippen molar-refractivity contribution in [1.29, 1.82) is 0 Å². The number of nitrogens with one attached hydrogen (secondary N) is 1. The van der Waals surface area contributed by atoms with Crippen LogP contribution >= 0.6 is 11.6 Å². The molecule has 28 heavy (non-hydrogen) atoms. The lowest BCUT2D eigenvalue weighted by molar-refractivity contribution is 0.101. The molecule has 1 N–H and O–H groups in total. The number of rotatable bonds is 6. The zero-order valence-corrected chi connectivity index (χ0v) is 15.3. The van der Waals surface area contributed by atoms with Gasteiger partial charge in [-0.3, -0.25) is 4.79 Å². The minimum atomic E-state index is -0.378. The lowest BCUT2D eigenvalue weighted by atomic mass is 10.2. The standard InChI is InChI=1S/C21H15ClN2O4/c22-15-5-3-14(4-6-15)13-27-17-9-7-16(8-10-17)23-21(25)18-12-20(28-24-18)19-2-1-11-26-19/h1-12H,13H2,(H,23,25). The smallest absolute Gasteiger partial charge is 0.277 e. The van der Waals surface area contributed by atoms with Gasteiger partial charge in [-0.1, -0.05) is 28.9 Å². The largest absolute Gasteiger partial charge is 0.489 e. The Hall–Kier alpha value is -3.51. The topological polar surface area (TPSA) is 77.5 Å². The summed E-state index contributed by atoms with van der Waals surface area (Å²) in [6.07, 6.45) is 1.52. The van der Waals surface area contributed by atoms with E-state index in [1.165, 1.54) is 12.3 Å². The van der Waals surface area contributed by atoms with E-state index in [9.17, 15) is 4.79 Å². The van der Waals surface area contributed by atoms with Crippen molar-refractivity contribution in [2.24, 2.45) is 0 Å². The van der Waals surface area contributed by atoms with Gasteiger partial charge < -0.3 is 19.0 Å². The summed E-state index contributed by atoms with van der Waals surface area (Å²) in [5.74, 6) is 1.21. The lowest BCUT2D eigenvalue weighted by Crippen LogP contribution is -2.12. The SMILES string of the molecule is O=C(Nc1ccc(OCc2ccc(Cl)cc2)cc1)c1cc(-c2ccco2)on1. The number of ether oxygens (including phenoxy) is 1. The molecule has 0 saturated heterocycles. The molecule has 7 heteroatoms. The normalized spacial score (nSPS) is 10.6. The molecule has 0 unspecified atom stereocenters. The molecule has 2 aromatic heterocycles. The third-order valence-electron chi connectivity index (χ3n) is 3.94. The molecule has 140 valence electrons. The number of amides is 1. The fraction of sp³-hybridized carbons (Fsp3) is 0.0476. The summed E-state index contributed by atoms with van der Waals surface area (Å²) in [6.45, 7) is 0.428. The number of furan rings is 1. The second-order valence-electron chi connectivity index (χ2n) is 5.95. The fourth-order valence-corrected chi connectivity index (χ4v) is 2.62. The van der Waals surface area contributed by atoms with Crippen LogP contribution in [0, 0.1) is 0 Å². The van der Waals surface area contributed by atoms with Crippen LogP contribution < -0.4 is 10.1 Å². The number of hydrogen-bond donors (Lipinski definition) is 1. The van der Waals surface area contributed by atoms with Gasteiger partial charge in [0.1, 0.15) is 12.4 Å². The summed E-state index contributed by atoms with van der Waals surface area (Å²) >= 11 is 5.87. The maximum Gasteiger partial charge on any atom is 0.277 e. The molecule has 0 bridgehead atoms. The third kappa shape index (κ3) is 4.24. The Bertz CT molecular complexity index is 1050. The number of hydrogen-bond acceptors (Lipinski definition) is 5. The molecule has 2 heterocycles. The molecule has 2 aromatic carbocycles. The molecular weight excluding hydrogens is 380 g/mol. The molecule has 0 spiro atoms. The van der Waals surface area contributed by atoms with E-state index >= 15 is 0 Å². The molecule has 0 aliphatic rings. The average molecular weight is 395 g/mol. The minimum absolute atomic E-state index is 0.162. The van der Waals surface area contributed by atoms with Gasteiger partial charge >= 0.3 is 0 Å². The van der Waals surface area contributed by atoms with Crippen molar-refractivity contribution in [1.82, 2.24) is 5.16 Å². The maximum atomic E-state index is 12.3. The Kier molecular flexibility index (Phi) is 5.12. The lowest BCUT2D eigenvalue weighted by Gasteiger charge is -2.08. The Morgan fingerprint density at radius 2 is 1.82 bits per heavy atom. The summed E-state index contributed by atoms with van der Waals surface area (Å²) in [5.41, 5.74) is 1.79. The number of carbonyl (C=O) groups excluding carboxylic acids is 1. The van der Waals surface area contributed by atoms with Gasteiger partial charge in [0.2, 0.25) is 5.76 Å². The molecule has 4 aromatic rings. The number of benzene rings is 2. The number of carbonyl (C=O) groups is 1. The van der Waals surface area contributed by atoms with Crippen molar-refractivity contribution in [3.05, 3.63) is 89.3 Å². The first-order valence-corrected chi connectivity index (χ1v) is 8.84. The highest BCUT2D eigenvalue weighted by atomic mass is 35.5. The van der Waals surface area contributed by atoms with Crippen molar-refractivity contribution in [2.45, 2.75) is 6.61 Å². The summed E-state index contributed by atoms with van der Waals surface area (Å²) in [4.78, 5) is 12.3. The van der Waals surface area contributed by atoms with E-state index in [2.05, 4.69) is 10.5 Å². The second-order valence-corrected chi connectivity index (χ2v) is 6.38. The zero-order chi connectivity index (χ0) is 19.3. The van der Waals surface area contributed by atoms with Gasteiger partial charge in [-0.05, 0) is 54.1 Å². The predicted molar refractivity (Wildman–Crippen MR) is 104 cm³/mol. The van der Waals surface area contributed by atoms with Crippen LogP contribution in [0.5, 0.6) is 5.75 Å². The molecule has 0 fully saturated rings. The van der Waals surface area contributed by atoms with Crippen molar-refractivity contribution < 1.29 is 18.5 Å². The van der Waals surface area contributed by atoms with Crippen LogP contribution in [0.1, 0.15) is 16.1 Å². The van der Waals surface area contributed by atoms with Crippen LogP contribution in [0.3, 0.4) is 0 Å². The van der Waals surface area contributed by atoms with Crippen molar-refractivity contribution >= 4 is 23.2 Å². The first-order chi connectivity index (χ1) is 13.7. The van der Waals surface area contributed by atoms with Gasteiger partial charge in [-0.25, -0.2) is 0 Å². The van der Waals surface area contributed by atoms with Crippen LogP contribution in [0.25, 0.3) is 11.5 Å². The number of nitrogens with zero attached hydrogens (tertiary/aromatic N) is 1. The summed E-state index contributed by atoms with van der Waals surface area (Å²) in [7, 11) is 0. The van der Waals surface area contributed by atoms with Crippen LogP contribution in [-0.4, -0.2) is 11.1 Å². The van der Waals surface area contributed by atoms with E-state index in [1.807, 2.05) is 24.3 Å². The van der Waals surface area contributed by atoms with Gasteiger partial charge in [0.25, 0.3) is 5.91 Å². The van der Waals surface area contributed by atoms with Crippen molar-refractivity contribution in [2.75, 3.05) is 5.32 Å². The Labute approximate surface area is 165 Å². The predicted octanol–water partition coefficient (Wildman–Crippen LogP) is 5.42. The number of aromatic nitrogens is 1. The quantitative estimate of drug-likeness (QED) is 0.472. The van der Waals surface area contributed by atoms with Gasteiger partial charge in [0.05, 0.1) is 6.26 Å². The molecule has 4 rings (SSSR count). The average Bonchev–Trinajstić information content (AvgIpc) is 3.40. The third-order valence-corrected chi connectivity index (χ3v) is 4.19. The van der Waals surface area contributed by atoms with E-state index in [1.54, 1.807) is 36.4 Å². The van der Waals surface area contributed by atoms with Crippen LogP contribution in [0.2, 0.25) is 5.02 Å². The molecular formula is C21H15ClN2O4. The molecule has 0 atom stereocenters. The van der Waals surface area contributed by atoms with Crippen molar-refractivity contribution in [3.63, 3.8) is 0 Å². The Morgan fingerprint density at radius 3 is 2.54 bits per heavy atom. The molecule has 0 aliphatic carbocycles. The first kappa shape index (κ1) is 17.9. The van der Waals surface area contributed by atoms with Crippen LogP contribution in [0.15, 0.2) is 81.9 Å². The van der Waals surface area contributed by atoms with E-state index in [0.717, 1.165) is 5.56 Å². The zero-order valence-electron chi connectivity index (χ0n) is 14.6. The Balaban J connectivity index is 1.35. The van der Waals surface area contributed by atoms with E-state index < -0.39 is 0 Å². The van der Waals surface area contributed by atoms with Crippen LogP contribution in [0.4, 0.5) is 5.69 Å². The highest BCUT2D eigenvalue weighted by Gasteiger charge is 2.15. The van der Waals surface area contributed by atoms with Gasteiger partial charge in [0.15, 0.2) is 11.5 Å². The second kappa shape index (κ2) is 8.02. The summed E-state index contributed by atoms with van der Waals surface area (Å²) < 4.78 is 16.1. The Morgan fingerprint density at radius 1 is 1.04 bits per heavy atom. The van der Waals surface area contributed by atoms with E-state index in [-0.39, 0.29) is 11.6 Å². The van der Waals surface area contributed by atoms with Gasteiger partial charge in [0, 0.05) is 16.8 Å². The molecule has 6 nitrogen and oxygen atoms in total. The van der Waals surface area contributed by atoms with E-state index in [0.29, 0.717) is 34.6 Å². The number of anilines is 1. The van der Waals surface area contributed by atoms with E-state index in [4.69, 9.17) is 25.3 Å². The van der Waals surface area contributed by atoms with Crippen molar-refractivity contribution in [3.8, 4) is 17.3 Å². The monoisotopic (exact) mass is 394 g/mol. The van der Waals surface area contributed by atoms with Gasteiger partial charge in [-0.15, -0.1) is 0 Å². The van der Waals surface area contributed by atoms with Gasteiger partial charge in [-0.2, -0.15) is 0 Å². The first-order valence-electron chi connectivity index (χ1n) is 8.47. The minimum Gasteiger partial charge on any atom is -0.489 e. The fourth-order valence-electron chi connectivity index (χ4n) is 2.49. The maximum absolute atomic E-state index is 12.3. The molecule has 0 saturated carbocycles. The summed E-state index contributed by atoms with van der Waals surface area (Å²) in [6, 6.07) is 19.5. The van der Waals surface area contributed by atoms with Crippen LogP contribution in [-0.2, 0) is 6.61 Å². The highest BCUT2D eigenvalue weighted by molar-refractivity contribution is 6.30. The summed E-state index contributed by atoms with van der Waals surface area (Å²) in [5, 5.41) is 7.22. The number of halogens is 1. The molecule has 0 aliphatic heterocycles. The molecule has 0 radical (unpaired) electrons. The highest BCUT2D eigenvalue weighted by Crippen LogP contribution is 2.22.